The maximum atomic E-state index is 6.11. The summed E-state index contributed by atoms with van der Waals surface area (Å²) in [5, 5.41) is 8.42. The molecule has 0 spiro atoms. The maximum absolute atomic E-state index is 6.11. The van der Waals surface area contributed by atoms with Crippen LogP contribution in [-0.2, 0) is 0 Å². The van der Waals surface area contributed by atoms with Crippen LogP contribution in [0, 0.1) is 0 Å². The SMILES string of the molecule is Clc1ccc(-c2nc(C3CCCN3)no2)c(Cl)c1. The first kappa shape index (κ1) is 12.0. The van der Waals surface area contributed by atoms with E-state index < -0.39 is 0 Å². The molecule has 18 heavy (non-hydrogen) atoms. The maximum Gasteiger partial charge on any atom is 0.259 e. The lowest BCUT2D eigenvalue weighted by Crippen LogP contribution is -2.14. The van der Waals surface area contributed by atoms with E-state index in [0.717, 1.165) is 19.4 Å². The molecule has 4 nitrogen and oxygen atoms in total. The number of nitrogens with zero attached hydrogens (tertiary/aromatic N) is 2. The second kappa shape index (κ2) is 4.88. The van der Waals surface area contributed by atoms with E-state index in [1.54, 1.807) is 18.2 Å². The highest BCUT2D eigenvalue weighted by Gasteiger charge is 2.22. The van der Waals surface area contributed by atoms with E-state index in [-0.39, 0.29) is 6.04 Å². The number of halogens is 2. The minimum Gasteiger partial charge on any atom is -0.334 e. The van der Waals surface area contributed by atoms with Crippen LogP contribution < -0.4 is 5.32 Å². The smallest absolute Gasteiger partial charge is 0.259 e. The van der Waals surface area contributed by atoms with E-state index in [1.807, 2.05) is 0 Å². The fraction of sp³-hybridized carbons (Fsp3) is 0.333. The van der Waals surface area contributed by atoms with Gasteiger partial charge >= 0.3 is 0 Å². The molecule has 0 saturated carbocycles. The van der Waals surface area contributed by atoms with Crippen molar-refractivity contribution in [1.82, 2.24) is 15.5 Å². The van der Waals surface area contributed by atoms with Gasteiger partial charge in [-0.25, -0.2) is 0 Å². The molecule has 1 unspecified atom stereocenters. The zero-order chi connectivity index (χ0) is 12.5. The average Bonchev–Trinajstić information content (AvgIpc) is 2.99. The minimum atomic E-state index is 0.188. The van der Waals surface area contributed by atoms with Crippen molar-refractivity contribution < 1.29 is 4.52 Å². The fourth-order valence-corrected chi connectivity index (χ4v) is 2.54. The third-order valence-corrected chi connectivity index (χ3v) is 3.52. The van der Waals surface area contributed by atoms with Gasteiger partial charge < -0.3 is 9.84 Å². The van der Waals surface area contributed by atoms with Crippen LogP contribution in [0.2, 0.25) is 10.0 Å². The van der Waals surface area contributed by atoms with Gasteiger partial charge in [-0.2, -0.15) is 4.98 Å². The summed E-state index contributed by atoms with van der Waals surface area (Å²) in [7, 11) is 0. The van der Waals surface area contributed by atoms with E-state index in [1.165, 1.54) is 0 Å². The summed E-state index contributed by atoms with van der Waals surface area (Å²) in [6.45, 7) is 0.996. The standard InChI is InChI=1S/C12H11Cl2N3O/c13-7-3-4-8(9(14)6-7)12-16-11(17-18-12)10-2-1-5-15-10/h3-4,6,10,15H,1-2,5H2. The van der Waals surface area contributed by atoms with Crippen LogP contribution >= 0.6 is 23.2 Å². The second-order valence-electron chi connectivity index (χ2n) is 4.23. The Hall–Kier alpha value is -1.10. The molecule has 1 aliphatic heterocycles. The second-order valence-corrected chi connectivity index (χ2v) is 5.07. The molecule has 3 rings (SSSR count). The summed E-state index contributed by atoms with van der Waals surface area (Å²) in [6.07, 6.45) is 2.17. The Morgan fingerprint density at radius 1 is 1.33 bits per heavy atom. The summed E-state index contributed by atoms with van der Waals surface area (Å²) < 4.78 is 5.26. The summed E-state index contributed by atoms with van der Waals surface area (Å²) >= 11 is 12.0. The Morgan fingerprint density at radius 3 is 2.94 bits per heavy atom. The van der Waals surface area contributed by atoms with Gasteiger partial charge in [-0.05, 0) is 37.6 Å². The van der Waals surface area contributed by atoms with Crippen molar-refractivity contribution >= 4 is 23.2 Å². The number of hydrogen-bond acceptors (Lipinski definition) is 4. The zero-order valence-electron chi connectivity index (χ0n) is 9.49. The quantitative estimate of drug-likeness (QED) is 0.917. The molecule has 2 aromatic rings. The van der Waals surface area contributed by atoms with Gasteiger partial charge in [0.1, 0.15) is 0 Å². The summed E-state index contributed by atoms with van der Waals surface area (Å²) in [5.74, 6) is 1.12. The summed E-state index contributed by atoms with van der Waals surface area (Å²) in [6, 6.07) is 5.38. The molecule has 1 fully saturated rings. The third-order valence-electron chi connectivity index (χ3n) is 2.98. The van der Waals surface area contributed by atoms with E-state index in [2.05, 4.69) is 15.5 Å². The predicted molar refractivity (Wildman–Crippen MR) is 69.7 cm³/mol. The molecule has 1 N–H and O–H groups in total. The van der Waals surface area contributed by atoms with Gasteiger partial charge in [-0.15, -0.1) is 0 Å². The molecule has 0 bridgehead atoms. The topological polar surface area (TPSA) is 51.0 Å². The number of benzene rings is 1. The van der Waals surface area contributed by atoms with Crippen molar-refractivity contribution in [2.24, 2.45) is 0 Å². The van der Waals surface area contributed by atoms with Crippen LogP contribution in [0.25, 0.3) is 11.5 Å². The Balaban J connectivity index is 1.92. The highest BCUT2D eigenvalue weighted by Crippen LogP contribution is 2.30. The van der Waals surface area contributed by atoms with Crippen LogP contribution in [-0.4, -0.2) is 16.7 Å². The Labute approximate surface area is 114 Å². The first-order valence-electron chi connectivity index (χ1n) is 5.76. The van der Waals surface area contributed by atoms with Gasteiger partial charge in [0.25, 0.3) is 5.89 Å². The lowest BCUT2D eigenvalue weighted by Gasteiger charge is -2.02. The van der Waals surface area contributed by atoms with Gasteiger partial charge in [0.2, 0.25) is 0 Å². The molecule has 1 aromatic carbocycles. The van der Waals surface area contributed by atoms with Crippen LogP contribution in [0.3, 0.4) is 0 Å². The molecule has 94 valence electrons. The van der Waals surface area contributed by atoms with Crippen molar-refractivity contribution in [1.29, 1.82) is 0 Å². The predicted octanol–water partition coefficient (Wildman–Crippen LogP) is 3.47. The van der Waals surface area contributed by atoms with Crippen LogP contribution in [0.4, 0.5) is 0 Å². The summed E-state index contributed by atoms with van der Waals surface area (Å²) in [4.78, 5) is 4.39. The van der Waals surface area contributed by atoms with Gasteiger partial charge in [-0.3, -0.25) is 0 Å². The lowest BCUT2D eigenvalue weighted by molar-refractivity contribution is 0.412. The van der Waals surface area contributed by atoms with Crippen LogP contribution in [0.5, 0.6) is 0 Å². The highest BCUT2D eigenvalue weighted by molar-refractivity contribution is 6.36. The molecule has 0 radical (unpaired) electrons. The molecular weight excluding hydrogens is 273 g/mol. The van der Waals surface area contributed by atoms with E-state index in [4.69, 9.17) is 27.7 Å². The summed E-state index contributed by atoms with van der Waals surface area (Å²) in [5.41, 5.74) is 0.706. The van der Waals surface area contributed by atoms with E-state index in [9.17, 15) is 0 Å². The molecule has 1 aromatic heterocycles. The monoisotopic (exact) mass is 283 g/mol. The molecular formula is C12H11Cl2N3O. The highest BCUT2D eigenvalue weighted by atomic mass is 35.5. The first-order valence-corrected chi connectivity index (χ1v) is 6.52. The van der Waals surface area contributed by atoms with Crippen molar-refractivity contribution in [3.63, 3.8) is 0 Å². The average molecular weight is 284 g/mol. The molecule has 6 heteroatoms. The number of aromatic nitrogens is 2. The van der Waals surface area contributed by atoms with Gasteiger partial charge in [-0.1, -0.05) is 28.4 Å². The Morgan fingerprint density at radius 2 is 2.22 bits per heavy atom. The van der Waals surface area contributed by atoms with Gasteiger partial charge in [0.05, 0.1) is 16.6 Å². The number of nitrogens with one attached hydrogen (secondary N) is 1. The Bertz CT molecular complexity index is 564. The van der Waals surface area contributed by atoms with E-state index >= 15 is 0 Å². The lowest BCUT2D eigenvalue weighted by atomic mass is 10.2. The first-order chi connectivity index (χ1) is 8.74. The number of hydrogen-bond donors (Lipinski definition) is 1. The van der Waals surface area contributed by atoms with Crippen molar-refractivity contribution in [3.05, 3.63) is 34.1 Å². The van der Waals surface area contributed by atoms with Crippen molar-refractivity contribution in [2.45, 2.75) is 18.9 Å². The molecule has 0 amide bonds. The minimum absolute atomic E-state index is 0.188. The van der Waals surface area contributed by atoms with E-state index in [0.29, 0.717) is 27.3 Å². The zero-order valence-corrected chi connectivity index (χ0v) is 11.0. The number of rotatable bonds is 2. The Kier molecular flexibility index (Phi) is 3.24. The van der Waals surface area contributed by atoms with Gasteiger partial charge in [0, 0.05) is 5.02 Å². The normalized spacial score (nSPS) is 19.3. The molecule has 1 aliphatic rings. The van der Waals surface area contributed by atoms with Crippen LogP contribution in [0.15, 0.2) is 22.7 Å². The molecule has 1 atom stereocenters. The molecule has 2 heterocycles. The van der Waals surface area contributed by atoms with Gasteiger partial charge in [0.15, 0.2) is 5.82 Å². The van der Waals surface area contributed by atoms with Crippen molar-refractivity contribution in [3.8, 4) is 11.5 Å². The van der Waals surface area contributed by atoms with Crippen LogP contribution in [0.1, 0.15) is 24.7 Å². The third kappa shape index (κ3) is 2.23. The van der Waals surface area contributed by atoms with Crippen molar-refractivity contribution in [2.75, 3.05) is 6.54 Å². The fourth-order valence-electron chi connectivity index (χ4n) is 2.05. The largest absolute Gasteiger partial charge is 0.334 e. The molecule has 1 saturated heterocycles. The molecule has 0 aliphatic carbocycles.